The molecule has 184 valence electrons. The first-order valence-corrected chi connectivity index (χ1v) is 12.4. The lowest BCUT2D eigenvalue weighted by molar-refractivity contribution is 0.119. The van der Waals surface area contributed by atoms with E-state index in [1.807, 2.05) is 6.92 Å². The minimum Gasteiger partial charge on any atom is -0.479 e. The maximum Gasteiger partial charge on any atom is 0.189 e. The zero-order valence-corrected chi connectivity index (χ0v) is 20.0. The molecule has 0 saturated carbocycles. The highest BCUT2D eigenvalue weighted by atomic mass is 19.1. The molecule has 3 unspecified atom stereocenters. The fraction of sp³-hybridized carbons (Fsp3) is 0.519. The van der Waals surface area contributed by atoms with Gasteiger partial charge in [0, 0.05) is 25.2 Å². The fourth-order valence-corrected chi connectivity index (χ4v) is 5.05. The molecule has 0 amide bonds. The molecule has 7 heteroatoms. The van der Waals surface area contributed by atoms with Gasteiger partial charge in [-0.3, -0.25) is 4.99 Å². The summed E-state index contributed by atoms with van der Waals surface area (Å²) in [7, 11) is 0. The summed E-state index contributed by atoms with van der Waals surface area (Å²) < 4.78 is 34.2. The Morgan fingerprint density at radius 2 is 2.06 bits per heavy atom. The zero-order valence-electron chi connectivity index (χ0n) is 20.0. The van der Waals surface area contributed by atoms with Gasteiger partial charge in [-0.15, -0.1) is 0 Å². The molecule has 2 aliphatic rings. The van der Waals surface area contributed by atoms with Crippen molar-refractivity contribution in [2.24, 2.45) is 10.9 Å². The summed E-state index contributed by atoms with van der Waals surface area (Å²) in [6.07, 6.45) is 3.57. The second-order valence-corrected chi connectivity index (χ2v) is 9.14. The monoisotopic (exact) mass is 471 g/mol. The standard InChI is InChI=1S/C27H35F2N3O2/c1-3-17-8-9-18-6-5-7-24(21(18)12-17)32-16-25(33)22(27-31-10-11-34-27)14-19-13-20(28)15-23(29)26(19)30-4-2/h8-9,12-13,15,22,24-25,30,32-33H,3-7,10-11,14,16H2,1-2H3. The highest BCUT2D eigenvalue weighted by molar-refractivity contribution is 5.81. The highest BCUT2D eigenvalue weighted by Gasteiger charge is 2.31. The van der Waals surface area contributed by atoms with Crippen molar-refractivity contribution in [1.29, 1.82) is 0 Å². The number of benzene rings is 2. The van der Waals surface area contributed by atoms with Gasteiger partial charge < -0.3 is 20.5 Å². The Hall–Kier alpha value is -2.51. The van der Waals surface area contributed by atoms with Gasteiger partial charge in [0.15, 0.2) is 5.90 Å². The van der Waals surface area contributed by atoms with Crippen LogP contribution < -0.4 is 10.6 Å². The largest absolute Gasteiger partial charge is 0.479 e. The zero-order chi connectivity index (χ0) is 24.1. The van der Waals surface area contributed by atoms with Gasteiger partial charge in [-0.1, -0.05) is 25.1 Å². The molecule has 4 rings (SSSR count). The summed E-state index contributed by atoms with van der Waals surface area (Å²) in [5.74, 6) is -1.32. The molecule has 0 fully saturated rings. The van der Waals surface area contributed by atoms with E-state index in [-0.39, 0.29) is 18.2 Å². The number of aliphatic hydroxyl groups is 1. The molecule has 5 nitrogen and oxygen atoms in total. The molecule has 0 radical (unpaired) electrons. The van der Waals surface area contributed by atoms with Crippen LogP contribution in [0.5, 0.6) is 0 Å². The molecule has 3 N–H and O–H groups in total. The van der Waals surface area contributed by atoms with E-state index in [1.54, 1.807) is 0 Å². The Kier molecular flexibility index (Phi) is 8.16. The van der Waals surface area contributed by atoms with Crippen LogP contribution in [0.1, 0.15) is 55.0 Å². The molecule has 0 aromatic heterocycles. The number of hydrogen-bond acceptors (Lipinski definition) is 5. The average molecular weight is 472 g/mol. The Labute approximate surface area is 200 Å². The normalized spacial score (nSPS) is 19.2. The fourth-order valence-electron chi connectivity index (χ4n) is 5.05. The maximum atomic E-state index is 14.5. The Morgan fingerprint density at radius 3 is 2.79 bits per heavy atom. The van der Waals surface area contributed by atoms with Gasteiger partial charge >= 0.3 is 0 Å². The minimum absolute atomic E-state index is 0.168. The summed E-state index contributed by atoms with van der Waals surface area (Å²) >= 11 is 0. The maximum absolute atomic E-state index is 14.5. The van der Waals surface area contributed by atoms with E-state index in [0.29, 0.717) is 37.7 Å². The van der Waals surface area contributed by atoms with Crippen molar-refractivity contribution in [3.63, 3.8) is 0 Å². The number of halogens is 2. The first-order valence-electron chi connectivity index (χ1n) is 12.4. The third kappa shape index (κ3) is 5.58. The van der Waals surface area contributed by atoms with Crippen LogP contribution in [-0.2, 0) is 24.0 Å². The van der Waals surface area contributed by atoms with Crippen molar-refractivity contribution >= 4 is 11.6 Å². The highest BCUT2D eigenvalue weighted by Crippen LogP contribution is 2.31. The molecular weight excluding hydrogens is 436 g/mol. The molecule has 3 atom stereocenters. The van der Waals surface area contributed by atoms with Crippen molar-refractivity contribution < 1.29 is 18.6 Å². The number of aryl methyl sites for hydroxylation is 2. The lowest BCUT2D eigenvalue weighted by Crippen LogP contribution is -2.40. The van der Waals surface area contributed by atoms with Crippen molar-refractivity contribution in [1.82, 2.24) is 5.32 Å². The number of hydrogen-bond donors (Lipinski definition) is 3. The van der Waals surface area contributed by atoms with E-state index < -0.39 is 23.7 Å². The Bertz CT molecular complexity index is 1030. The lowest BCUT2D eigenvalue weighted by Gasteiger charge is -2.30. The minimum atomic E-state index is -0.822. The van der Waals surface area contributed by atoms with Crippen LogP contribution in [0.15, 0.2) is 35.3 Å². The van der Waals surface area contributed by atoms with E-state index in [4.69, 9.17) is 4.74 Å². The first kappa shape index (κ1) is 24.6. The van der Waals surface area contributed by atoms with E-state index in [9.17, 15) is 13.9 Å². The van der Waals surface area contributed by atoms with Gasteiger partial charge in [0.1, 0.15) is 18.2 Å². The van der Waals surface area contributed by atoms with Gasteiger partial charge in [0.05, 0.1) is 24.3 Å². The number of ether oxygens (including phenoxy) is 1. The first-order chi connectivity index (χ1) is 16.5. The molecule has 1 aliphatic heterocycles. The second-order valence-electron chi connectivity index (χ2n) is 9.14. The molecule has 0 spiro atoms. The third-order valence-corrected chi connectivity index (χ3v) is 6.83. The molecule has 1 aliphatic carbocycles. The summed E-state index contributed by atoms with van der Waals surface area (Å²) in [5, 5.41) is 17.8. The SMILES string of the molecule is CCNc1c(F)cc(F)cc1CC(C1=NCCO1)C(O)CNC1CCCc2ccc(CC)cc21. The molecular formula is C27H35F2N3O2. The van der Waals surface area contributed by atoms with Crippen molar-refractivity contribution in [2.45, 2.75) is 58.1 Å². The van der Waals surface area contributed by atoms with Gasteiger partial charge in [-0.05, 0) is 67.3 Å². The van der Waals surface area contributed by atoms with Crippen molar-refractivity contribution in [3.05, 3.63) is 64.2 Å². The van der Waals surface area contributed by atoms with E-state index >= 15 is 0 Å². The van der Waals surface area contributed by atoms with Gasteiger partial charge in [-0.2, -0.15) is 0 Å². The molecule has 0 bridgehead atoms. The number of aliphatic hydroxyl groups excluding tert-OH is 1. The van der Waals surface area contributed by atoms with Crippen molar-refractivity contribution in [2.75, 3.05) is 31.6 Å². The van der Waals surface area contributed by atoms with Crippen LogP contribution in [0, 0.1) is 17.6 Å². The van der Waals surface area contributed by atoms with Crippen LogP contribution in [0.4, 0.5) is 14.5 Å². The summed E-state index contributed by atoms with van der Waals surface area (Å²) in [6.45, 7) is 5.84. The number of aliphatic imine (C=N–C) groups is 1. The van der Waals surface area contributed by atoms with E-state index in [2.05, 4.69) is 40.7 Å². The molecule has 34 heavy (non-hydrogen) atoms. The summed E-state index contributed by atoms with van der Waals surface area (Å²) in [5.41, 5.74) is 4.72. The van der Waals surface area contributed by atoms with Crippen LogP contribution in [0.2, 0.25) is 0 Å². The van der Waals surface area contributed by atoms with Crippen molar-refractivity contribution in [3.8, 4) is 0 Å². The number of fused-ring (bicyclic) bond motifs is 1. The van der Waals surface area contributed by atoms with Crippen LogP contribution >= 0.6 is 0 Å². The van der Waals surface area contributed by atoms with E-state index in [0.717, 1.165) is 31.7 Å². The molecule has 2 aromatic rings. The Morgan fingerprint density at radius 1 is 1.21 bits per heavy atom. The number of nitrogens with zero attached hydrogens (tertiary/aromatic N) is 1. The van der Waals surface area contributed by atoms with Crippen LogP contribution in [-0.4, -0.2) is 43.3 Å². The van der Waals surface area contributed by atoms with E-state index in [1.165, 1.54) is 22.8 Å². The van der Waals surface area contributed by atoms with Gasteiger partial charge in [0.25, 0.3) is 0 Å². The van der Waals surface area contributed by atoms with Crippen LogP contribution in [0.3, 0.4) is 0 Å². The predicted molar refractivity (Wildman–Crippen MR) is 131 cm³/mol. The number of anilines is 1. The van der Waals surface area contributed by atoms with Crippen LogP contribution in [0.25, 0.3) is 0 Å². The molecule has 2 aromatic carbocycles. The van der Waals surface area contributed by atoms with Gasteiger partial charge in [-0.25, -0.2) is 8.78 Å². The average Bonchev–Trinajstić information content (AvgIpc) is 3.37. The predicted octanol–water partition coefficient (Wildman–Crippen LogP) is 4.57. The molecule has 1 heterocycles. The summed E-state index contributed by atoms with van der Waals surface area (Å²) in [6, 6.07) is 9.07. The van der Waals surface area contributed by atoms with Gasteiger partial charge in [0.2, 0.25) is 0 Å². The molecule has 0 saturated heterocycles. The quantitative estimate of drug-likeness (QED) is 0.475. The summed E-state index contributed by atoms with van der Waals surface area (Å²) in [4.78, 5) is 4.43. The third-order valence-electron chi connectivity index (χ3n) is 6.83. The topological polar surface area (TPSA) is 65.9 Å². The number of nitrogens with one attached hydrogen (secondary N) is 2. The smallest absolute Gasteiger partial charge is 0.189 e. The number of rotatable bonds is 10. The second kappa shape index (κ2) is 11.3. The Balaban J connectivity index is 1.53. The lowest BCUT2D eigenvalue weighted by atomic mass is 9.85.